The fourth-order valence-corrected chi connectivity index (χ4v) is 3.75. The van der Waals surface area contributed by atoms with Crippen LogP contribution in [-0.4, -0.2) is 38.5 Å². The third-order valence-corrected chi connectivity index (χ3v) is 5.39. The molecule has 0 aliphatic carbocycles. The quantitative estimate of drug-likeness (QED) is 0.590. The highest BCUT2D eigenvalue weighted by Crippen LogP contribution is 2.23. The molecule has 30 heavy (non-hydrogen) atoms. The van der Waals surface area contributed by atoms with E-state index in [1.807, 2.05) is 48.4 Å². The first kappa shape index (κ1) is 20.1. The van der Waals surface area contributed by atoms with Crippen molar-refractivity contribution in [2.75, 3.05) is 6.54 Å². The Morgan fingerprint density at radius 1 is 1.23 bits per heavy atom. The van der Waals surface area contributed by atoms with Crippen LogP contribution in [0, 0.1) is 6.92 Å². The molecular formula is C23H26N4O3. The number of hydrogen-bond donors (Lipinski definition) is 0. The lowest BCUT2D eigenvalue weighted by Gasteiger charge is -2.35. The van der Waals surface area contributed by atoms with Crippen molar-refractivity contribution in [3.63, 3.8) is 0 Å². The van der Waals surface area contributed by atoms with Crippen LogP contribution in [0.1, 0.15) is 53.3 Å². The van der Waals surface area contributed by atoms with E-state index in [0.29, 0.717) is 17.2 Å². The van der Waals surface area contributed by atoms with Crippen molar-refractivity contribution in [3.05, 3.63) is 71.6 Å². The summed E-state index contributed by atoms with van der Waals surface area (Å²) in [5.74, 6) is 1.09. The van der Waals surface area contributed by atoms with Crippen LogP contribution in [0.3, 0.4) is 0 Å². The number of pyridine rings is 2. The Bertz CT molecular complexity index is 956. The predicted octanol–water partition coefficient (Wildman–Crippen LogP) is 3.98. The number of amides is 1. The molecule has 1 saturated heterocycles. The number of hydrogen-bond acceptors (Lipinski definition) is 6. The third-order valence-electron chi connectivity index (χ3n) is 5.39. The van der Waals surface area contributed by atoms with Gasteiger partial charge in [-0.3, -0.25) is 14.8 Å². The fourth-order valence-electron chi connectivity index (χ4n) is 3.75. The number of nitrogens with zero attached hydrogens (tertiary/aromatic N) is 4. The van der Waals surface area contributed by atoms with Crippen LogP contribution in [0.15, 0.2) is 53.3 Å². The minimum atomic E-state index is -0.0762. The zero-order valence-electron chi connectivity index (χ0n) is 17.2. The van der Waals surface area contributed by atoms with E-state index in [9.17, 15) is 4.79 Å². The molecule has 1 atom stereocenters. The van der Waals surface area contributed by atoms with Crippen LogP contribution in [0.2, 0.25) is 0 Å². The Balaban J connectivity index is 1.36. The molecule has 0 radical (unpaired) electrons. The summed E-state index contributed by atoms with van der Waals surface area (Å²) in [5, 5.41) is 4.00. The van der Waals surface area contributed by atoms with Crippen molar-refractivity contribution in [3.8, 4) is 5.75 Å². The molecule has 4 rings (SSSR count). The molecule has 4 heterocycles. The molecule has 0 unspecified atom stereocenters. The number of rotatable bonds is 7. The fraction of sp³-hybridized carbons (Fsp3) is 0.391. The molecule has 1 aliphatic rings. The maximum Gasteiger partial charge on any atom is 0.276 e. The van der Waals surface area contributed by atoms with Crippen molar-refractivity contribution in [1.29, 1.82) is 0 Å². The van der Waals surface area contributed by atoms with Gasteiger partial charge >= 0.3 is 0 Å². The van der Waals surface area contributed by atoms with Gasteiger partial charge in [-0.05, 0) is 63.3 Å². The van der Waals surface area contributed by atoms with E-state index >= 15 is 0 Å². The van der Waals surface area contributed by atoms with Gasteiger partial charge in [-0.25, -0.2) is 0 Å². The summed E-state index contributed by atoms with van der Waals surface area (Å²) in [5.41, 5.74) is 2.32. The van der Waals surface area contributed by atoms with E-state index < -0.39 is 0 Å². The normalized spacial score (nSPS) is 16.4. The van der Waals surface area contributed by atoms with Crippen molar-refractivity contribution in [2.24, 2.45) is 0 Å². The molecule has 0 aromatic carbocycles. The van der Waals surface area contributed by atoms with Gasteiger partial charge in [0.25, 0.3) is 5.91 Å². The van der Waals surface area contributed by atoms with E-state index in [-0.39, 0.29) is 18.6 Å². The van der Waals surface area contributed by atoms with Gasteiger partial charge in [-0.1, -0.05) is 11.2 Å². The number of ether oxygens (including phenoxy) is 1. The Morgan fingerprint density at radius 2 is 2.17 bits per heavy atom. The first-order valence-electron chi connectivity index (χ1n) is 10.4. The summed E-state index contributed by atoms with van der Waals surface area (Å²) < 4.78 is 11.0. The Kier molecular flexibility index (Phi) is 6.37. The topological polar surface area (TPSA) is 81.4 Å². The molecule has 0 spiro atoms. The van der Waals surface area contributed by atoms with Gasteiger partial charge in [0.05, 0.1) is 6.20 Å². The number of likely N-dealkylation sites (tertiary alicyclic amines) is 1. The monoisotopic (exact) mass is 406 g/mol. The molecular weight excluding hydrogens is 380 g/mol. The molecule has 0 N–H and O–H groups in total. The summed E-state index contributed by atoms with van der Waals surface area (Å²) in [6.45, 7) is 2.87. The summed E-state index contributed by atoms with van der Waals surface area (Å²) in [4.78, 5) is 23.6. The number of aryl methyl sites for hydroxylation is 2. The van der Waals surface area contributed by atoms with Crippen LogP contribution in [0.25, 0.3) is 0 Å². The van der Waals surface area contributed by atoms with E-state index in [0.717, 1.165) is 50.0 Å². The first-order chi connectivity index (χ1) is 14.7. The second-order valence-electron chi connectivity index (χ2n) is 7.61. The maximum absolute atomic E-state index is 13.1. The Labute approximate surface area is 176 Å². The van der Waals surface area contributed by atoms with Crippen molar-refractivity contribution < 1.29 is 14.1 Å². The molecule has 7 heteroatoms. The van der Waals surface area contributed by atoms with Crippen molar-refractivity contribution in [1.82, 2.24) is 20.0 Å². The molecule has 0 bridgehead atoms. The lowest BCUT2D eigenvalue weighted by Crippen LogP contribution is -2.44. The number of aromatic nitrogens is 3. The standard InChI is InChI=1S/C23H26N4O3/c1-17-8-11-20(15-25-17)29-16-21-14-22(26-30-21)23(28)27-13-5-3-7-19(27)10-9-18-6-2-4-12-24-18/h2,4,6,8,11-12,14-15,19H,3,5,7,9-10,13,16H2,1H3/t19-/m1/s1. The smallest absolute Gasteiger partial charge is 0.276 e. The van der Waals surface area contributed by atoms with Gasteiger partial charge in [0, 0.05) is 36.2 Å². The average Bonchev–Trinajstić information content (AvgIpc) is 3.27. The second-order valence-corrected chi connectivity index (χ2v) is 7.61. The summed E-state index contributed by atoms with van der Waals surface area (Å²) in [7, 11) is 0. The highest BCUT2D eigenvalue weighted by atomic mass is 16.5. The van der Waals surface area contributed by atoms with Crippen molar-refractivity contribution >= 4 is 5.91 Å². The van der Waals surface area contributed by atoms with Crippen LogP contribution < -0.4 is 4.74 Å². The predicted molar refractivity (Wildman–Crippen MR) is 111 cm³/mol. The third kappa shape index (κ3) is 5.03. The highest BCUT2D eigenvalue weighted by molar-refractivity contribution is 5.92. The minimum Gasteiger partial charge on any atom is -0.484 e. The first-order valence-corrected chi connectivity index (χ1v) is 10.4. The molecule has 156 valence electrons. The highest BCUT2D eigenvalue weighted by Gasteiger charge is 2.29. The van der Waals surface area contributed by atoms with Gasteiger partial charge in [0.2, 0.25) is 0 Å². The average molecular weight is 406 g/mol. The summed E-state index contributed by atoms with van der Waals surface area (Å²) >= 11 is 0. The SMILES string of the molecule is Cc1ccc(OCc2cc(C(=O)N3CCCC[C@@H]3CCc3ccccn3)no2)cn1. The number of piperidine rings is 1. The minimum absolute atomic E-state index is 0.0762. The van der Waals surface area contributed by atoms with Crippen LogP contribution in [0.5, 0.6) is 5.75 Å². The van der Waals surface area contributed by atoms with Crippen LogP contribution in [-0.2, 0) is 13.0 Å². The van der Waals surface area contributed by atoms with Gasteiger partial charge in [-0.15, -0.1) is 0 Å². The Hall–Kier alpha value is -3.22. The van der Waals surface area contributed by atoms with Gasteiger partial charge < -0.3 is 14.2 Å². The number of carbonyl (C=O) groups is 1. The largest absolute Gasteiger partial charge is 0.484 e. The maximum atomic E-state index is 13.1. The van der Waals surface area contributed by atoms with Gasteiger partial charge in [0.1, 0.15) is 12.4 Å². The van der Waals surface area contributed by atoms with Crippen LogP contribution in [0.4, 0.5) is 0 Å². The van der Waals surface area contributed by atoms with Crippen LogP contribution >= 0.6 is 0 Å². The molecule has 0 saturated carbocycles. The summed E-state index contributed by atoms with van der Waals surface area (Å²) in [6.07, 6.45) is 8.39. The molecule has 1 fully saturated rings. The molecule has 3 aromatic rings. The van der Waals surface area contributed by atoms with E-state index in [1.54, 1.807) is 12.3 Å². The zero-order valence-corrected chi connectivity index (χ0v) is 17.2. The van der Waals surface area contributed by atoms with E-state index in [2.05, 4.69) is 15.1 Å². The van der Waals surface area contributed by atoms with Gasteiger partial charge in [-0.2, -0.15) is 0 Å². The Morgan fingerprint density at radius 3 is 2.97 bits per heavy atom. The van der Waals surface area contributed by atoms with E-state index in [1.165, 1.54) is 0 Å². The molecule has 3 aromatic heterocycles. The van der Waals surface area contributed by atoms with Crippen molar-refractivity contribution in [2.45, 2.75) is 51.7 Å². The lowest BCUT2D eigenvalue weighted by molar-refractivity contribution is 0.0591. The molecule has 7 nitrogen and oxygen atoms in total. The van der Waals surface area contributed by atoms with E-state index in [4.69, 9.17) is 9.26 Å². The number of carbonyl (C=O) groups excluding carboxylic acids is 1. The molecule has 1 aliphatic heterocycles. The lowest BCUT2D eigenvalue weighted by atomic mass is 9.96. The zero-order chi connectivity index (χ0) is 20.8. The summed E-state index contributed by atoms with van der Waals surface area (Å²) in [6, 6.07) is 11.6. The van der Waals surface area contributed by atoms with Gasteiger partial charge in [0.15, 0.2) is 11.5 Å². The molecule has 1 amide bonds. The second kappa shape index (κ2) is 9.52.